The summed E-state index contributed by atoms with van der Waals surface area (Å²) in [6, 6.07) is 5.48. The number of nitrogens with zero attached hydrogens (tertiary/aromatic N) is 3. The Labute approximate surface area is 131 Å². The number of hydrogen-bond acceptors (Lipinski definition) is 4. The summed E-state index contributed by atoms with van der Waals surface area (Å²) >= 11 is 5.67. The fourth-order valence-electron chi connectivity index (χ4n) is 2.06. The Morgan fingerprint density at radius 3 is 3.20 bits per heavy atom. The Kier molecular flexibility index (Phi) is 4.16. The van der Waals surface area contributed by atoms with Gasteiger partial charge in [0.1, 0.15) is 0 Å². The van der Waals surface area contributed by atoms with Gasteiger partial charge in [0.05, 0.1) is 0 Å². The molecule has 0 aliphatic carbocycles. The minimum atomic E-state index is -0.393. The van der Waals surface area contributed by atoms with Crippen LogP contribution in [0.5, 0.6) is 0 Å². The van der Waals surface area contributed by atoms with Crippen molar-refractivity contribution in [3.05, 3.63) is 42.3 Å². The number of fused-ring (bicyclic) bond motifs is 1. The molecule has 20 heavy (non-hydrogen) atoms. The molecule has 0 atom stereocenters. The number of halogens is 2. The monoisotopic (exact) mass is 401 g/mol. The zero-order chi connectivity index (χ0) is 13.9. The number of rotatable bonds is 3. The van der Waals surface area contributed by atoms with Gasteiger partial charge in [0.25, 0.3) is 0 Å². The summed E-state index contributed by atoms with van der Waals surface area (Å²) < 4.78 is 4.45. The van der Waals surface area contributed by atoms with Crippen LogP contribution in [0.15, 0.2) is 29.4 Å². The van der Waals surface area contributed by atoms with Crippen molar-refractivity contribution in [2.24, 2.45) is 4.99 Å². The fourth-order valence-corrected chi connectivity index (χ4v) is 5.15. The van der Waals surface area contributed by atoms with Crippen molar-refractivity contribution in [1.29, 1.82) is 0 Å². The van der Waals surface area contributed by atoms with E-state index in [1.807, 2.05) is 18.3 Å². The molecule has 2 aromatic rings. The summed E-state index contributed by atoms with van der Waals surface area (Å²) in [4.78, 5) is 14.0. The first kappa shape index (κ1) is 13.8. The number of aromatic nitrogens is 2. The average Bonchev–Trinajstić information content (AvgIpc) is 2.82. The van der Waals surface area contributed by atoms with E-state index in [1.54, 1.807) is 12.1 Å². The van der Waals surface area contributed by atoms with Crippen LogP contribution in [-0.4, -0.2) is 22.4 Å². The Balaban J connectivity index is 1.91. The molecule has 1 aliphatic rings. The summed E-state index contributed by atoms with van der Waals surface area (Å²) in [5.74, 6) is 0. The molecule has 0 amide bonds. The zero-order valence-electron chi connectivity index (χ0n) is 10.4. The second-order valence-corrected chi connectivity index (χ2v) is 7.65. The molecule has 1 N–H and O–H groups in total. The van der Waals surface area contributed by atoms with Crippen LogP contribution in [0.2, 0.25) is 5.02 Å². The SMILES string of the molecule is O=C=Nc1cc(Cl)cc([I-]c2cnn3c2CNCC3)c1. The molecule has 0 unspecified atom stereocenters. The average molecular weight is 402 g/mol. The molecular weight excluding hydrogens is 391 g/mol. The summed E-state index contributed by atoms with van der Waals surface area (Å²) in [5, 5.41) is 8.37. The molecule has 0 radical (unpaired) electrons. The van der Waals surface area contributed by atoms with Crippen molar-refractivity contribution < 1.29 is 26.0 Å². The third-order valence-corrected chi connectivity index (χ3v) is 5.87. The first-order valence-corrected chi connectivity index (χ1v) is 8.58. The number of nitrogens with one attached hydrogen (secondary N) is 1. The second kappa shape index (κ2) is 6.05. The van der Waals surface area contributed by atoms with Crippen molar-refractivity contribution in [2.45, 2.75) is 13.1 Å². The van der Waals surface area contributed by atoms with E-state index in [1.165, 1.54) is 9.26 Å². The molecule has 3 rings (SSSR count). The third kappa shape index (κ3) is 2.93. The molecule has 0 fully saturated rings. The maximum absolute atomic E-state index is 10.4. The van der Waals surface area contributed by atoms with Crippen LogP contribution in [0.1, 0.15) is 5.69 Å². The first-order chi connectivity index (χ1) is 9.76. The van der Waals surface area contributed by atoms with Gasteiger partial charge in [-0.15, -0.1) is 0 Å². The van der Waals surface area contributed by atoms with E-state index in [2.05, 4.69) is 20.1 Å². The normalized spacial score (nSPS) is 13.8. The predicted octanol–water partition coefficient (Wildman–Crippen LogP) is -1.26. The van der Waals surface area contributed by atoms with Crippen LogP contribution in [0.25, 0.3) is 0 Å². The van der Waals surface area contributed by atoms with E-state index >= 15 is 0 Å². The van der Waals surface area contributed by atoms with Gasteiger partial charge in [-0.1, -0.05) is 0 Å². The molecule has 1 aliphatic heterocycles. The molecule has 0 spiro atoms. The van der Waals surface area contributed by atoms with Gasteiger partial charge in [0, 0.05) is 0 Å². The van der Waals surface area contributed by atoms with E-state index < -0.39 is 21.2 Å². The van der Waals surface area contributed by atoms with E-state index in [-0.39, 0.29) is 0 Å². The van der Waals surface area contributed by atoms with Crippen molar-refractivity contribution >= 4 is 23.4 Å². The van der Waals surface area contributed by atoms with Crippen molar-refractivity contribution in [3.8, 4) is 0 Å². The first-order valence-electron chi connectivity index (χ1n) is 6.05. The molecule has 0 bridgehead atoms. The molecule has 0 saturated carbocycles. The van der Waals surface area contributed by atoms with Crippen LogP contribution in [-0.2, 0) is 17.9 Å². The number of carbonyl (C=O) groups excluding carboxylic acids is 1. The topological polar surface area (TPSA) is 59.3 Å². The molecule has 7 heteroatoms. The third-order valence-electron chi connectivity index (χ3n) is 2.92. The Morgan fingerprint density at radius 1 is 1.45 bits per heavy atom. The van der Waals surface area contributed by atoms with Crippen molar-refractivity contribution in [3.63, 3.8) is 0 Å². The van der Waals surface area contributed by atoms with E-state index in [0.29, 0.717) is 10.7 Å². The standard InChI is InChI=1S/C13H11ClIN4O/c14-9-3-10(5-11(4-9)17-8-20)15-12-6-18-19-2-1-16-7-13(12)19/h3-6,16H,1-2,7H2/q-1. The molecule has 0 saturated heterocycles. The van der Waals surface area contributed by atoms with Crippen LogP contribution < -0.4 is 26.5 Å². The quantitative estimate of drug-likeness (QED) is 0.397. The summed E-state index contributed by atoms with van der Waals surface area (Å²) in [7, 11) is 0. The fraction of sp³-hybridized carbons (Fsp3) is 0.231. The molecule has 5 nitrogen and oxygen atoms in total. The van der Waals surface area contributed by atoms with Gasteiger partial charge in [-0.3, -0.25) is 0 Å². The summed E-state index contributed by atoms with van der Waals surface area (Å²) in [5.41, 5.74) is 1.81. The van der Waals surface area contributed by atoms with Gasteiger partial charge >= 0.3 is 131 Å². The van der Waals surface area contributed by atoms with Crippen LogP contribution >= 0.6 is 11.6 Å². The van der Waals surface area contributed by atoms with E-state index in [9.17, 15) is 4.79 Å². The Bertz CT molecular complexity index is 694. The molecule has 2 heterocycles. The minimum absolute atomic E-state index is 0.393. The Morgan fingerprint density at radius 2 is 2.35 bits per heavy atom. The van der Waals surface area contributed by atoms with Gasteiger partial charge in [-0.05, 0) is 0 Å². The van der Waals surface area contributed by atoms with Crippen molar-refractivity contribution in [2.75, 3.05) is 6.54 Å². The molecule has 104 valence electrons. The number of hydrogen-bond donors (Lipinski definition) is 1. The van der Waals surface area contributed by atoms with Crippen molar-refractivity contribution in [1.82, 2.24) is 15.1 Å². The van der Waals surface area contributed by atoms with Gasteiger partial charge in [0.15, 0.2) is 0 Å². The summed E-state index contributed by atoms with van der Waals surface area (Å²) in [6.45, 7) is 2.73. The number of benzene rings is 1. The number of aliphatic imine (C=N–C) groups is 1. The van der Waals surface area contributed by atoms with E-state index in [0.717, 1.165) is 23.2 Å². The molecule has 1 aromatic carbocycles. The van der Waals surface area contributed by atoms with Gasteiger partial charge in [-0.25, -0.2) is 0 Å². The maximum atomic E-state index is 10.4. The van der Waals surface area contributed by atoms with Crippen LogP contribution in [0.4, 0.5) is 5.69 Å². The predicted molar refractivity (Wildman–Crippen MR) is 70.6 cm³/mol. The second-order valence-electron chi connectivity index (χ2n) is 4.26. The van der Waals surface area contributed by atoms with Crippen LogP contribution in [0.3, 0.4) is 0 Å². The van der Waals surface area contributed by atoms with Gasteiger partial charge < -0.3 is 0 Å². The zero-order valence-corrected chi connectivity index (χ0v) is 13.3. The van der Waals surface area contributed by atoms with Crippen LogP contribution in [0, 0.1) is 7.14 Å². The molecular formula is C13H11ClIN4O-. The Hall–Kier alpha value is -1.21. The number of isocyanates is 1. The van der Waals surface area contributed by atoms with Gasteiger partial charge in [-0.2, -0.15) is 0 Å². The summed E-state index contributed by atoms with van der Waals surface area (Å²) in [6.07, 6.45) is 3.49. The van der Waals surface area contributed by atoms with E-state index in [4.69, 9.17) is 11.6 Å². The van der Waals surface area contributed by atoms with Gasteiger partial charge in [0.2, 0.25) is 0 Å². The molecule has 1 aromatic heterocycles.